The molecule has 0 aliphatic carbocycles. The van der Waals surface area contributed by atoms with Crippen LogP contribution in [0.5, 0.6) is 5.75 Å². The van der Waals surface area contributed by atoms with Crippen molar-refractivity contribution in [1.82, 2.24) is 4.57 Å². The normalized spacial score (nSPS) is 16.1. The van der Waals surface area contributed by atoms with Crippen molar-refractivity contribution in [3.63, 3.8) is 0 Å². The molecule has 1 aromatic carbocycles. The highest BCUT2D eigenvalue weighted by Gasteiger charge is 2.37. The number of nitrogens with zero attached hydrogens (tertiary/aromatic N) is 2. The van der Waals surface area contributed by atoms with Crippen molar-refractivity contribution in [3.8, 4) is 11.8 Å². The van der Waals surface area contributed by atoms with Crippen molar-refractivity contribution in [2.75, 3.05) is 13.2 Å². The zero-order chi connectivity index (χ0) is 20.8. The molecule has 1 aliphatic heterocycles. The number of esters is 1. The van der Waals surface area contributed by atoms with E-state index in [1.807, 2.05) is 24.3 Å². The lowest BCUT2D eigenvalue weighted by molar-refractivity contribution is -0.139. The molecule has 1 aromatic heterocycles. The SMILES string of the molecule is C=CCOc1ccc(C2C(C#N)=C(n3cccc3)OC(C)=C2C(=O)OCC)cc1. The number of aromatic nitrogens is 1. The summed E-state index contributed by atoms with van der Waals surface area (Å²) in [4.78, 5) is 12.7. The van der Waals surface area contributed by atoms with Crippen molar-refractivity contribution < 1.29 is 19.0 Å². The molecule has 2 aromatic rings. The predicted octanol–water partition coefficient (Wildman–Crippen LogP) is 4.40. The number of hydrogen-bond acceptors (Lipinski definition) is 5. The number of carbonyl (C=O) groups excluding carboxylic acids is 1. The standard InChI is InChI=1S/C23H22N2O4/c1-4-14-28-18-10-8-17(9-11-18)21-19(15-24)22(25-12-6-7-13-25)29-16(3)20(21)23(26)27-5-2/h4,6-13,21H,1,5,14H2,2-3H3. The van der Waals surface area contributed by atoms with E-state index in [4.69, 9.17) is 14.2 Å². The van der Waals surface area contributed by atoms with Crippen LogP contribution in [0.3, 0.4) is 0 Å². The summed E-state index contributed by atoms with van der Waals surface area (Å²) in [6.07, 6.45) is 5.24. The van der Waals surface area contributed by atoms with Crippen molar-refractivity contribution >= 4 is 11.9 Å². The third kappa shape index (κ3) is 4.09. The van der Waals surface area contributed by atoms with Crippen LogP contribution in [0, 0.1) is 11.3 Å². The lowest BCUT2D eigenvalue weighted by atomic mass is 9.83. The van der Waals surface area contributed by atoms with Gasteiger partial charge in [0.2, 0.25) is 5.88 Å². The fourth-order valence-corrected chi connectivity index (χ4v) is 3.22. The summed E-state index contributed by atoms with van der Waals surface area (Å²) in [5.74, 6) is 0.343. The number of hydrogen-bond donors (Lipinski definition) is 0. The fourth-order valence-electron chi connectivity index (χ4n) is 3.22. The molecule has 1 unspecified atom stereocenters. The lowest BCUT2D eigenvalue weighted by Gasteiger charge is -2.28. The minimum absolute atomic E-state index is 0.229. The van der Waals surface area contributed by atoms with Crippen molar-refractivity contribution in [1.29, 1.82) is 5.26 Å². The molecule has 148 valence electrons. The molecule has 29 heavy (non-hydrogen) atoms. The molecular formula is C23H22N2O4. The Morgan fingerprint density at radius 2 is 2.00 bits per heavy atom. The van der Waals surface area contributed by atoms with E-state index in [1.54, 1.807) is 49.0 Å². The third-order valence-electron chi connectivity index (χ3n) is 4.47. The topological polar surface area (TPSA) is 73.5 Å². The maximum atomic E-state index is 12.7. The minimum atomic E-state index is -0.612. The molecule has 0 N–H and O–H groups in total. The first-order valence-corrected chi connectivity index (χ1v) is 9.27. The summed E-state index contributed by atoms with van der Waals surface area (Å²) in [6.45, 7) is 7.70. The Balaban J connectivity index is 2.11. The maximum Gasteiger partial charge on any atom is 0.338 e. The summed E-state index contributed by atoms with van der Waals surface area (Å²) in [6, 6.07) is 13.2. The van der Waals surface area contributed by atoms with Crippen LogP contribution in [0.15, 0.2) is 78.4 Å². The Morgan fingerprint density at radius 1 is 1.31 bits per heavy atom. The van der Waals surface area contributed by atoms with E-state index in [-0.39, 0.29) is 6.61 Å². The molecule has 0 spiro atoms. The molecule has 2 heterocycles. The second kappa shape index (κ2) is 8.98. The number of nitriles is 1. The van der Waals surface area contributed by atoms with Crippen LogP contribution in [0.4, 0.5) is 0 Å². The van der Waals surface area contributed by atoms with Gasteiger partial charge in [-0.25, -0.2) is 4.79 Å². The molecule has 0 amide bonds. The van der Waals surface area contributed by atoms with E-state index in [0.29, 0.717) is 35.1 Å². The van der Waals surface area contributed by atoms with Crippen LogP contribution in [0.25, 0.3) is 5.88 Å². The maximum absolute atomic E-state index is 12.7. The van der Waals surface area contributed by atoms with Gasteiger partial charge in [0.25, 0.3) is 0 Å². The van der Waals surface area contributed by atoms with Gasteiger partial charge in [0.05, 0.1) is 18.1 Å². The summed E-state index contributed by atoms with van der Waals surface area (Å²) >= 11 is 0. The summed E-state index contributed by atoms with van der Waals surface area (Å²) in [7, 11) is 0. The quantitative estimate of drug-likeness (QED) is 0.518. The number of allylic oxidation sites excluding steroid dienone is 2. The first-order chi connectivity index (χ1) is 14.1. The molecule has 1 atom stereocenters. The Hall–Kier alpha value is -3.72. The van der Waals surface area contributed by atoms with Crippen molar-refractivity contribution in [3.05, 3.63) is 83.9 Å². The van der Waals surface area contributed by atoms with Crippen LogP contribution in [-0.2, 0) is 14.3 Å². The monoisotopic (exact) mass is 390 g/mol. The van der Waals surface area contributed by atoms with Gasteiger partial charge in [0.15, 0.2) is 0 Å². The Bertz CT molecular complexity index is 992. The fraction of sp³-hybridized carbons (Fsp3) is 0.217. The highest BCUT2D eigenvalue weighted by molar-refractivity contribution is 5.93. The van der Waals surface area contributed by atoms with Gasteiger partial charge in [0.1, 0.15) is 29.8 Å². The van der Waals surface area contributed by atoms with E-state index < -0.39 is 11.9 Å². The molecule has 0 saturated heterocycles. The van der Waals surface area contributed by atoms with Crippen molar-refractivity contribution in [2.45, 2.75) is 19.8 Å². The van der Waals surface area contributed by atoms with Gasteiger partial charge in [-0.2, -0.15) is 5.26 Å². The Labute approximate surface area is 169 Å². The van der Waals surface area contributed by atoms with Gasteiger partial charge in [-0.15, -0.1) is 0 Å². The van der Waals surface area contributed by atoms with Crippen LogP contribution < -0.4 is 4.74 Å². The van der Waals surface area contributed by atoms with Gasteiger partial charge in [0, 0.05) is 12.4 Å². The largest absolute Gasteiger partial charge is 0.490 e. The van der Waals surface area contributed by atoms with E-state index in [2.05, 4.69) is 12.6 Å². The van der Waals surface area contributed by atoms with Crippen molar-refractivity contribution in [2.24, 2.45) is 0 Å². The van der Waals surface area contributed by atoms with Crippen LogP contribution in [0.2, 0.25) is 0 Å². The second-order valence-electron chi connectivity index (χ2n) is 6.32. The Morgan fingerprint density at radius 3 is 2.59 bits per heavy atom. The first-order valence-electron chi connectivity index (χ1n) is 9.27. The van der Waals surface area contributed by atoms with Crippen LogP contribution in [0.1, 0.15) is 25.3 Å². The molecule has 0 saturated carbocycles. The average molecular weight is 390 g/mol. The molecule has 6 nitrogen and oxygen atoms in total. The molecule has 0 bridgehead atoms. The van der Waals surface area contributed by atoms with E-state index in [1.165, 1.54) is 0 Å². The minimum Gasteiger partial charge on any atom is -0.490 e. The Kier molecular flexibility index (Phi) is 6.20. The number of ether oxygens (including phenoxy) is 3. The summed E-state index contributed by atoms with van der Waals surface area (Å²) < 4.78 is 18.4. The summed E-state index contributed by atoms with van der Waals surface area (Å²) in [5.41, 5.74) is 1.41. The first kappa shape index (κ1) is 20.0. The zero-order valence-electron chi connectivity index (χ0n) is 16.4. The molecule has 3 rings (SSSR count). The molecule has 1 aliphatic rings. The predicted molar refractivity (Wildman–Crippen MR) is 109 cm³/mol. The van der Waals surface area contributed by atoms with Crippen LogP contribution in [-0.4, -0.2) is 23.8 Å². The lowest BCUT2D eigenvalue weighted by Crippen LogP contribution is -2.24. The average Bonchev–Trinajstić information content (AvgIpc) is 3.26. The van der Waals surface area contributed by atoms with Gasteiger partial charge >= 0.3 is 5.97 Å². The van der Waals surface area contributed by atoms with Gasteiger partial charge < -0.3 is 14.2 Å². The second-order valence-corrected chi connectivity index (χ2v) is 6.32. The highest BCUT2D eigenvalue weighted by Crippen LogP contribution is 2.42. The molecule has 6 heteroatoms. The molecule has 0 radical (unpaired) electrons. The van der Waals surface area contributed by atoms with Gasteiger partial charge in [-0.05, 0) is 43.7 Å². The van der Waals surface area contributed by atoms with Gasteiger partial charge in [-0.3, -0.25) is 4.57 Å². The smallest absolute Gasteiger partial charge is 0.338 e. The molecule has 0 fully saturated rings. The number of carbonyl (C=O) groups is 1. The van der Waals surface area contributed by atoms with Gasteiger partial charge in [-0.1, -0.05) is 24.8 Å². The van der Waals surface area contributed by atoms with E-state index in [9.17, 15) is 10.1 Å². The van der Waals surface area contributed by atoms with E-state index >= 15 is 0 Å². The number of rotatable bonds is 7. The zero-order valence-corrected chi connectivity index (χ0v) is 16.4. The van der Waals surface area contributed by atoms with Crippen LogP contribution >= 0.6 is 0 Å². The van der Waals surface area contributed by atoms with E-state index in [0.717, 1.165) is 5.56 Å². The summed E-state index contributed by atoms with van der Waals surface area (Å²) in [5, 5.41) is 9.97. The molecular weight excluding hydrogens is 368 g/mol. The highest BCUT2D eigenvalue weighted by atomic mass is 16.5. The number of benzene rings is 1. The third-order valence-corrected chi connectivity index (χ3v) is 4.47.